The summed E-state index contributed by atoms with van der Waals surface area (Å²) in [5.74, 6) is 1.55. The second-order valence-corrected chi connectivity index (χ2v) is 3.35. The van der Waals surface area contributed by atoms with E-state index in [0.717, 1.165) is 23.3 Å². The number of hydrogen-bond acceptors (Lipinski definition) is 3. The Bertz CT molecular complexity index is 484. The number of para-hydroxylation sites is 1. The lowest BCUT2D eigenvalue weighted by Gasteiger charge is -1.99. The van der Waals surface area contributed by atoms with Gasteiger partial charge in [-0.1, -0.05) is 42.5 Å². The van der Waals surface area contributed by atoms with Crippen LogP contribution in [-0.2, 0) is 4.79 Å². The number of benzene rings is 1. The second kappa shape index (κ2) is 5.70. The van der Waals surface area contributed by atoms with Crippen LogP contribution in [0.3, 0.4) is 0 Å². The molecular formula is C14H12O3. The molecule has 0 aromatic heterocycles. The minimum atomic E-state index is 0.276. The van der Waals surface area contributed by atoms with Crippen LogP contribution in [0.25, 0.3) is 6.08 Å². The molecule has 3 nitrogen and oxygen atoms in total. The molecule has 1 aliphatic heterocycles. The Hall–Kier alpha value is -2.29. The average molecular weight is 228 g/mol. The van der Waals surface area contributed by atoms with E-state index >= 15 is 0 Å². The molecule has 0 unspecified atom stereocenters. The summed E-state index contributed by atoms with van der Waals surface area (Å²) in [4.78, 5) is 10.0. The minimum Gasteiger partial charge on any atom is -0.454 e. The van der Waals surface area contributed by atoms with Crippen molar-refractivity contribution in [1.29, 1.82) is 0 Å². The maximum atomic E-state index is 10.0. The molecule has 0 saturated carbocycles. The zero-order valence-corrected chi connectivity index (χ0v) is 9.21. The molecule has 1 aromatic carbocycles. The fourth-order valence-corrected chi connectivity index (χ4v) is 1.48. The number of carbonyl (C=O) groups excluding carboxylic acids is 1. The van der Waals surface area contributed by atoms with E-state index in [0.29, 0.717) is 0 Å². The van der Waals surface area contributed by atoms with Crippen LogP contribution in [0, 0.1) is 0 Å². The molecule has 0 fully saturated rings. The number of rotatable bonds is 4. The van der Waals surface area contributed by atoms with Gasteiger partial charge in [-0.15, -0.1) is 0 Å². The average Bonchev–Trinajstić information content (AvgIpc) is 2.82. The Morgan fingerprint density at radius 3 is 2.71 bits per heavy atom. The number of allylic oxidation sites excluding steroid dienone is 5. The molecule has 1 aromatic rings. The molecule has 0 saturated heterocycles. The first kappa shape index (κ1) is 11.2. The highest BCUT2D eigenvalue weighted by Crippen LogP contribution is 2.35. The third-order valence-electron chi connectivity index (χ3n) is 2.23. The molecule has 0 amide bonds. The van der Waals surface area contributed by atoms with Gasteiger partial charge in [-0.3, -0.25) is 4.79 Å². The van der Waals surface area contributed by atoms with E-state index < -0.39 is 0 Å². The van der Waals surface area contributed by atoms with Crippen molar-refractivity contribution >= 4 is 12.4 Å². The number of hydrogen-bond donors (Lipinski definition) is 0. The summed E-state index contributed by atoms with van der Waals surface area (Å²) < 4.78 is 10.6. The van der Waals surface area contributed by atoms with E-state index in [2.05, 4.69) is 0 Å². The van der Waals surface area contributed by atoms with Crippen molar-refractivity contribution in [2.75, 3.05) is 6.79 Å². The van der Waals surface area contributed by atoms with Crippen molar-refractivity contribution in [1.82, 2.24) is 0 Å². The van der Waals surface area contributed by atoms with Gasteiger partial charge in [0.1, 0.15) is 6.29 Å². The first-order valence-electron chi connectivity index (χ1n) is 5.25. The van der Waals surface area contributed by atoms with Crippen LogP contribution in [0.4, 0.5) is 0 Å². The molecule has 0 N–H and O–H groups in total. The zero-order valence-electron chi connectivity index (χ0n) is 9.21. The monoisotopic (exact) mass is 228 g/mol. The van der Waals surface area contributed by atoms with E-state index in [1.165, 1.54) is 6.08 Å². The summed E-state index contributed by atoms with van der Waals surface area (Å²) >= 11 is 0. The largest absolute Gasteiger partial charge is 0.454 e. The molecule has 0 bridgehead atoms. The standard InChI is InChI=1S/C14H12O3/c15-10-5-3-1-2-4-7-12-8-6-9-13-14(12)17-11-16-13/h1-10H,11H2/b2-1+,5-3+,7-4+. The van der Waals surface area contributed by atoms with Gasteiger partial charge >= 0.3 is 0 Å². The SMILES string of the molecule is O=C/C=C/C=C/C=C/c1cccc2c1OCO2. The lowest BCUT2D eigenvalue weighted by atomic mass is 10.1. The van der Waals surface area contributed by atoms with Gasteiger partial charge in [-0.25, -0.2) is 0 Å². The molecule has 0 radical (unpaired) electrons. The van der Waals surface area contributed by atoms with Crippen LogP contribution in [0.2, 0.25) is 0 Å². The summed E-state index contributed by atoms with van der Waals surface area (Å²) in [5.41, 5.74) is 0.976. The number of ether oxygens (including phenoxy) is 2. The van der Waals surface area contributed by atoms with Crippen LogP contribution >= 0.6 is 0 Å². The lowest BCUT2D eigenvalue weighted by molar-refractivity contribution is -0.104. The molecule has 0 spiro atoms. The van der Waals surface area contributed by atoms with E-state index in [-0.39, 0.29) is 6.79 Å². The lowest BCUT2D eigenvalue weighted by Crippen LogP contribution is -1.93. The quantitative estimate of drug-likeness (QED) is 0.451. The predicted molar refractivity (Wildman–Crippen MR) is 65.9 cm³/mol. The fourth-order valence-electron chi connectivity index (χ4n) is 1.48. The van der Waals surface area contributed by atoms with Gasteiger partial charge in [0.15, 0.2) is 11.5 Å². The van der Waals surface area contributed by atoms with Gasteiger partial charge in [0.25, 0.3) is 0 Å². The summed E-state index contributed by atoms with van der Waals surface area (Å²) in [6.45, 7) is 0.276. The topological polar surface area (TPSA) is 35.5 Å². The Morgan fingerprint density at radius 2 is 1.82 bits per heavy atom. The maximum absolute atomic E-state index is 10.0. The highest BCUT2D eigenvalue weighted by molar-refractivity contribution is 5.65. The van der Waals surface area contributed by atoms with E-state index in [4.69, 9.17) is 9.47 Å². The Labute approximate surface area is 99.7 Å². The molecule has 1 heterocycles. The highest BCUT2D eigenvalue weighted by atomic mass is 16.7. The third-order valence-corrected chi connectivity index (χ3v) is 2.23. The molecule has 86 valence electrons. The smallest absolute Gasteiger partial charge is 0.231 e. The van der Waals surface area contributed by atoms with Gasteiger partial charge in [0.2, 0.25) is 6.79 Å². The summed E-state index contributed by atoms with van der Waals surface area (Å²) in [7, 11) is 0. The van der Waals surface area contributed by atoms with Crippen LogP contribution in [-0.4, -0.2) is 13.1 Å². The van der Waals surface area contributed by atoms with Crippen LogP contribution < -0.4 is 9.47 Å². The van der Waals surface area contributed by atoms with Crippen molar-refractivity contribution in [2.45, 2.75) is 0 Å². The van der Waals surface area contributed by atoms with E-state index in [1.807, 2.05) is 36.4 Å². The van der Waals surface area contributed by atoms with Crippen LogP contribution in [0.5, 0.6) is 11.5 Å². The summed E-state index contributed by atoms with van der Waals surface area (Å²) in [6, 6.07) is 5.75. The molecule has 1 aliphatic rings. The second-order valence-electron chi connectivity index (χ2n) is 3.35. The van der Waals surface area contributed by atoms with Gasteiger partial charge in [0.05, 0.1) is 0 Å². The molecule has 2 rings (SSSR count). The Balaban J connectivity index is 2.06. The van der Waals surface area contributed by atoms with Crippen molar-refractivity contribution in [3.63, 3.8) is 0 Å². The number of aldehydes is 1. The molecule has 17 heavy (non-hydrogen) atoms. The van der Waals surface area contributed by atoms with E-state index in [1.54, 1.807) is 12.2 Å². The normalized spacial score (nSPS) is 14.1. The highest BCUT2D eigenvalue weighted by Gasteiger charge is 2.14. The molecular weight excluding hydrogens is 216 g/mol. The number of fused-ring (bicyclic) bond motifs is 1. The fraction of sp³-hybridized carbons (Fsp3) is 0.0714. The first-order valence-corrected chi connectivity index (χ1v) is 5.25. The van der Waals surface area contributed by atoms with Crippen LogP contribution in [0.15, 0.2) is 48.6 Å². The van der Waals surface area contributed by atoms with E-state index in [9.17, 15) is 4.79 Å². The molecule has 0 atom stereocenters. The molecule has 3 heteroatoms. The predicted octanol–water partition coefficient (Wildman–Crippen LogP) is 2.74. The van der Waals surface area contributed by atoms with Gasteiger partial charge in [0, 0.05) is 5.56 Å². The minimum absolute atomic E-state index is 0.276. The maximum Gasteiger partial charge on any atom is 0.231 e. The molecule has 0 aliphatic carbocycles. The Morgan fingerprint density at radius 1 is 1.00 bits per heavy atom. The van der Waals surface area contributed by atoms with Crippen LogP contribution in [0.1, 0.15) is 5.56 Å². The third kappa shape index (κ3) is 2.84. The van der Waals surface area contributed by atoms with Gasteiger partial charge in [-0.05, 0) is 12.1 Å². The Kier molecular flexibility index (Phi) is 3.76. The summed E-state index contributed by atoms with van der Waals surface area (Å²) in [6.07, 6.45) is 11.3. The number of carbonyl (C=O) groups is 1. The summed E-state index contributed by atoms with van der Waals surface area (Å²) in [5, 5.41) is 0. The van der Waals surface area contributed by atoms with Gasteiger partial charge in [-0.2, -0.15) is 0 Å². The van der Waals surface area contributed by atoms with Crippen molar-refractivity contribution in [3.8, 4) is 11.5 Å². The first-order chi connectivity index (χ1) is 8.42. The van der Waals surface area contributed by atoms with Crippen molar-refractivity contribution in [2.24, 2.45) is 0 Å². The van der Waals surface area contributed by atoms with Crippen molar-refractivity contribution < 1.29 is 14.3 Å². The zero-order chi connectivity index (χ0) is 11.9. The van der Waals surface area contributed by atoms with Crippen molar-refractivity contribution in [3.05, 3.63) is 54.1 Å². The van der Waals surface area contributed by atoms with Gasteiger partial charge < -0.3 is 9.47 Å².